The molecule has 7 heteroatoms. The van der Waals surface area contributed by atoms with Crippen molar-refractivity contribution in [2.75, 3.05) is 0 Å². The average molecular weight is 407 g/mol. The van der Waals surface area contributed by atoms with Gasteiger partial charge in [-0.2, -0.15) is 0 Å². The van der Waals surface area contributed by atoms with Crippen molar-refractivity contribution in [1.82, 2.24) is 0 Å². The zero-order valence-corrected chi connectivity index (χ0v) is 19.8. The lowest BCUT2D eigenvalue weighted by molar-refractivity contribution is 0.189. The Balaban J connectivity index is 3.04. The lowest BCUT2D eigenvalue weighted by Crippen LogP contribution is -2.61. The highest BCUT2D eigenvalue weighted by molar-refractivity contribution is 6.83. The van der Waals surface area contributed by atoms with Crippen molar-refractivity contribution >= 4 is 20.5 Å². The largest absolute Gasteiger partial charge is 0.499 e. The maximum absolute atomic E-state index is 12.5. The van der Waals surface area contributed by atoms with Crippen molar-refractivity contribution in [2.45, 2.75) is 84.4 Å². The quantitative estimate of drug-likeness (QED) is 0.378. The van der Waals surface area contributed by atoms with Crippen molar-refractivity contribution in [3.05, 3.63) is 29.8 Å². The summed E-state index contributed by atoms with van der Waals surface area (Å²) in [6.45, 7) is 20.7. The van der Waals surface area contributed by atoms with E-state index < -0.39 is 20.5 Å². The Morgan fingerprint density at radius 3 is 1.54 bits per heavy atom. The van der Waals surface area contributed by atoms with Gasteiger partial charge in [0.05, 0.1) is 0 Å². The number of rotatable bonds is 2. The molecule has 1 rings (SSSR count). The van der Waals surface area contributed by atoms with Gasteiger partial charge >= 0.3 is 12.2 Å². The molecule has 6 nitrogen and oxygen atoms in total. The summed E-state index contributed by atoms with van der Waals surface area (Å²) in [6.07, 6.45) is -1.82. The maximum atomic E-state index is 12.5. The Hall–Kier alpha value is -2.02. The summed E-state index contributed by atoms with van der Waals surface area (Å²) in [4.78, 5) is 24.4. The molecule has 1 aromatic carbocycles. The van der Waals surface area contributed by atoms with E-state index >= 15 is 0 Å². The van der Waals surface area contributed by atoms with Crippen molar-refractivity contribution in [3.63, 3.8) is 0 Å². The number of hydrogen-bond acceptors (Lipinski definition) is 4. The molecule has 2 amide bonds. The molecule has 0 aromatic heterocycles. The van der Waals surface area contributed by atoms with Gasteiger partial charge in [-0.15, -0.1) is 0 Å². The van der Waals surface area contributed by atoms with E-state index in [4.69, 9.17) is 9.16 Å². The van der Waals surface area contributed by atoms with Gasteiger partial charge in [0.2, 0.25) is 0 Å². The van der Waals surface area contributed by atoms with E-state index in [0.717, 1.165) is 5.56 Å². The minimum absolute atomic E-state index is 0.253. The molecule has 0 fully saturated rings. The topological polar surface area (TPSA) is 77.3 Å². The fraction of sp³-hybridized carbons (Fsp3) is 0.619. The van der Waals surface area contributed by atoms with E-state index in [1.807, 2.05) is 19.1 Å². The molecule has 0 aliphatic rings. The number of ether oxygens (including phenoxy) is 1. The lowest BCUT2D eigenvalue weighted by Gasteiger charge is -2.56. The van der Waals surface area contributed by atoms with Gasteiger partial charge in [-0.3, -0.25) is 0 Å². The van der Waals surface area contributed by atoms with Crippen LogP contribution in [0.4, 0.5) is 9.59 Å². The molecule has 28 heavy (non-hydrogen) atoms. The number of hydrogen-bond donors (Lipinski definition) is 0. The fourth-order valence-electron chi connectivity index (χ4n) is 4.79. The Morgan fingerprint density at radius 2 is 1.14 bits per heavy atom. The highest BCUT2D eigenvalue weighted by Gasteiger charge is 2.64. The molecule has 0 saturated heterocycles. The van der Waals surface area contributed by atoms with Crippen molar-refractivity contribution in [3.8, 4) is 5.75 Å². The molecule has 156 valence electrons. The van der Waals surface area contributed by atoms with E-state index in [1.54, 1.807) is 12.1 Å². The second-order valence-corrected chi connectivity index (χ2v) is 16.2. The zero-order chi connectivity index (χ0) is 22.0. The van der Waals surface area contributed by atoms with Crippen LogP contribution in [0.2, 0.25) is 15.1 Å². The molecule has 0 heterocycles. The molecule has 0 bridgehead atoms. The normalized spacial score (nSPS) is 13.5. The summed E-state index contributed by atoms with van der Waals surface area (Å²) >= 11 is 0. The number of nitrogens with zero attached hydrogens (tertiary/aromatic N) is 2. The Morgan fingerprint density at radius 1 is 0.750 bits per heavy atom. The van der Waals surface area contributed by atoms with Gasteiger partial charge in [0.25, 0.3) is 8.32 Å². The Kier molecular flexibility index (Phi) is 6.99. The second-order valence-electron chi connectivity index (χ2n) is 10.2. The molecule has 0 N–H and O–H groups in total. The minimum Gasteiger partial charge on any atom is -0.499 e. The molecule has 0 spiro atoms. The van der Waals surface area contributed by atoms with E-state index in [9.17, 15) is 9.59 Å². The van der Waals surface area contributed by atoms with Gasteiger partial charge in [0.15, 0.2) is 0 Å². The number of aryl methyl sites for hydroxylation is 1. The van der Waals surface area contributed by atoms with Crippen LogP contribution >= 0.6 is 0 Å². The number of benzene rings is 1. The standard InChI is InChI=1S/C21H34N2O4Si/c1-15-11-13-16(14-12-15)26-17(24)22-23-18(25)27-28(19(2,3)4,20(5,6)7)21(8,9)10/h11-14H,1-10H3. The highest BCUT2D eigenvalue weighted by atomic mass is 28.4. The van der Waals surface area contributed by atoms with Crippen molar-refractivity contribution in [1.29, 1.82) is 0 Å². The van der Waals surface area contributed by atoms with Crippen LogP contribution in [0.25, 0.3) is 0 Å². The van der Waals surface area contributed by atoms with Crippen LogP contribution in [0.15, 0.2) is 34.5 Å². The van der Waals surface area contributed by atoms with Crippen LogP contribution < -0.4 is 4.74 Å². The van der Waals surface area contributed by atoms with Crippen molar-refractivity contribution in [2.24, 2.45) is 10.2 Å². The van der Waals surface area contributed by atoms with Crippen LogP contribution in [0.5, 0.6) is 5.75 Å². The van der Waals surface area contributed by atoms with Gasteiger partial charge < -0.3 is 9.16 Å². The lowest BCUT2D eigenvalue weighted by atomic mass is 10.2. The van der Waals surface area contributed by atoms with Crippen LogP contribution in [-0.2, 0) is 4.43 Å². The molecule has 0 aliphatic carbocycles. The van der Waals surface area contributed by atoms with E-state index in [-0.39, 0.29) is 15.1 Å². The number of carbonyl (C=O) groups is 2. The molecule has 0 aliphatic heterocycles. The van der Waals surface area contributed by atoms with Crippen LogP contribution in [0.3, 0.4) is 0 Å². The predicted molar refractivity (Wildman–Crippen MR) is 113 cm³/mol. The minimum atomic E-state index is -2.77. The second kappa shape index (κ2) is 8.15. The SMILES string of the molecule is Cc1ccc(OC(=O)N=NC(=O)O[Si](C(C)(C)C)(C(C)(C)C)C(C)(C)C)cc1. The third-order valence-corrected chi connectivity index (χ3v) is 11.7. The summed E-state index contributed by atoms with van der Waals surface area (Å²) in [6, 6.07) is 6.92. The molecular weight excluding hydrogens is 372 g/mol. The first-order chi connectivity index (χ1) is 12.5. The first-order valence-corrected chi connectivity index (χ1v) is 11.4. The van der Waals surface area contributed by atoms with E-state index in [2.05, 4.69) is 72.5 Å². The molecule has 0 atom stereocenters. The monoisotopic (exact) mass is 406 g/mol. The van der Waals surface area contributed by atoms with Gasteiger partial charge in [0, 0.05) is 0 Å². The number of amides is 2. The molecule has 1 aromatic rings. The van der Waals surface area contributed by atoms with Crippen molar-refractivity contribution < 1.29 is 18.8 Å². The maximum Gasteiger partial charge on any atom is 0.458 e. The van der Waals surface area contributed by atoms with Gasteiger partial charge in [-0.05, 0) is 34.2 Å². The summed E-state index contributed by atoms with van der Waals surface area (Å²) in [5.74, 6) is 0.339. The Labute approximate surface area is 169 Å². The summed E-state index contributed by atoms with van der Waals surface area (Å²) in [7, 11) is -2.77. The third-order valence-electron chi connectivity index (χ3n) is 4.85. The average Bonchev–Trinajstić information content (AvgIpc) is 2.49. The Bertz CT molecular complexity index is 700. The summed E-state index contributed by atoms with van der Waals surface area (Å²) < 4.78 is 11.1. The van der Waals surface area contributed by atoms with Gasteiger partial charge in [-0.25, -0.2) is 9.59 Å². The number of azo groups is 1. The van der Waals surface area contributed by atoms with E-state index in [1.165, 1.54) is 0 Å². The highest BCUT2D eigenvalue weighted by Crippen LogP contribution is 2.62. The zero-order valence-electron chi connectivity index (χ0n) is 18.8. The van der Waals surface area contributed by atoms with Crippen LogP contribution in [0.1, 0.15) is 67.9 Å². The van der Waals surface area contributed by atoms with Gasteiger partial charge in [-0.1, -0.05) is 90.2 Å². The predicted octanol–water partition coefficient (Wildman–Crippen LogP) is 7.43. The number of carbonyl (C=O) groups excluding carboxylic acids is 2. The van der Waals surface area contributed by atoms with Crippen LogP contribution in [0, 0.1) is 6.92 Å². The molecule has 0 saturated carbocycles. The molecule has 0 unspecified atom stereocenters. The van der Waals surface area contributed by atoms with Gasteiger partial charge in [0.1, 0.15) is 5.75 Å². The summed E-state index contributed by atoms with van der Waals surface area (Å²) in [5, 5.41) is 6.11. The smallest absolute Gasteiger partial charge is 0.458 e. The molecular formula is C21H34N2O4Si. The first-order valence-electron chi connectivity index (χ1n) is 9.44. The molecule has 0 radical (unpaired) electrons. The van der Waals surface area contributed by atoms with E-state index in [0.29, 0.717) is 5.75 Å². The van der Waals surface area contributed by atoms with Crippen LogP contribution in [-0.4, -0.2) is 20.5 Å². The third kappa shape index (κ3) is 5.28. The first kappa shape index (κ1) is 24.0. The fourth-order valence-corrected chi connectivity index (χ4v) is 12.8. The summed E-state index contributed by atoms with van der Waals surface area (Å²) in [5.41, 5.74) is 1.04.